The number of benzene rings is 4. The van der Waals surface area contributed by atoms with Crippen molar-refractivity contribution in [3.05, 3.63) is 120 Å². The standard InChI is InChI=1S/C38H40FN3O6S/c1-27-8-7-11-29(22-27)25-41(34(23-28-9-3-2-4-10-28)38(44)40-31-12-5-6-13-31)37(43)26-42(32-16-14-30(39)15-17-32)49(45,46)33-18-19-35-36(24-33)48-21-20-47-35/h2-4,7-11,14-19,22,24,31,34H,5-6,12-13,20-21,23,25-26H2,1H3,(H,40,44)/t34-/m1/s1. The Labute approximate surface area is 286 Å². The summed E-state index contributed by atoms with van der Waals surface area (Å²) in [6.07, 6.45) is 3.99. The largest absolute Gasteiger partial charge is 0.486 e. The molecule has 1 aliphatic heterocycles. The number of ether oxygens (including phenoxy) is 2. The summed E-state index contributed by atoms with van der Waals surface area (Å²) < 4.78 is 55.0. The van der Waals surface area contributed by atoms with Gasteiger partial charge in [-0.2, -0.15) is 0 Å². The molecular formula is C38H40FN3O6S. The van der Waals surface area contributed by atoms with E-state index in [1.807, 2.05) is 61.5 Å². The van der Waals surface area contributed by atoms with Crippen LogP contribution in [0.3, 0.4) is 0 Å². The van der Waals surface area contributed by atoms with Crippen molar-refractivity contribution in [3.8, 4) is 11.5 Å². The van der Waals surface area contributed by atoms with Gasteiger partial charge in [0.15, 0.2) is 11.5 Å². The van der Waals surface area contributed by atoms with E-state index in [0.717, 1.165) is 58.8 Å². The van der Waals surface area contributed by atoms with E-state index >= 15 is 0 Å². The fourth-order valence-electron chi connectivity index (χ4n) is 6.38. The first-order chi connectivity index (χ1) is 23.7. The summed E-state index contributed by atoms with van der Waals surface area (Å²) >= 11 is 0. The molecule has 2 amide bonds. The molecule has 4 aromatic rings. The van der Waals surface area contributed by atoms with E-state index in [4.69, 9.17) is 9.47 Å². The van der Waals surface area contributed by atoms with Crippen molar-refractivity contribution in [1.29, 1.82) is 0 Å². The van der Waals surface area contributed by atoms with Crippen LogP contribution in [-0.4, -0.2) is 57.0 Å². The summed E-state index contributed by atoms with van der Waals surface area (Å²) in [5, 5.41) is 3.18. The van der Waals surface area contributed by atoms with Gasteiger partial charge in [0.2, 0.25) is 11.8 Å². The number of sulfonamides is 1. The molecule has 0 aromatic heterocycles. The van der Waals surface area contributed by atoms with Crippen molar-refractivity contribution < 1.29 is 31.9 Å². The Kier molecular flexibility index (Phi) is 10.5. The van der Waals surface area contributed by atoms with Gasteiger partial charge in [-0.05, 0) is 67.3 Å². The van der Waals surface area contributed by atoms with E-state index in [2.05, 4.69) is 5.32 Å². The number of aryl methyl sites for hydroxylation is 1. The fourth-order valence-corrected chi connectivity index (χ4v) is 7.81. The molecule has 9 nitrogen and oxygen atoms in total. The lowest BCUT2D eigenvalue weighted by Crippen LogP contribution is -2.54. The lowest BCUT2D eigenvalue weighted by molar-refractivity contribution is -0.140. The fraction of sp³-hybridized carbons (Fsp3) is 0.316. The zero-order chi connectivity index (χ0) is 34.4. The molecule has 0 unspecified atom stereocenters. The van der Waals surface area contributed by atoms with E-state index in [1.54, 1.807) is 0 Å². The van der Waals surface area contributed by atoms with E-state index in [9.17, 15) is 22.4 Å². The highest BCUT2D eigenvalue weighted by molar-refractivity contribution is 7.92. The molecule has 0 radical (unpaired) electrons. The maximum atomic E-state index is 14.7. The Balaban J connectivity index is 1.40. The van der Waals surface area contributed by atoms with Crippen LogP contribution in [-0.2, 0) is 32.6 Å². The third kappa shape index (κ3) is 8.22. The molecule has 0 spiro atoms. The molecule has 1 aliphatic carbocycles. The summed E-state index contributed by atoms with van der Waals surface area (Å²) in [5.41, 5.74) is 2.72. The number of hydrogen-bond acceptors (Lipinski definition) is 6. The average Bonchev–Trinajstić information content (AvgIpc) is 3.62. The van der Waals surface area contributed by atoms with Crippen LogP contribution in [0.15, 0.2) is 102 Å². The van der Waals surface area contributed by atoms with Gasteiger partial charge in [-0.15, -0.1) is 0 Å². The molecule has 11 heteroatoms. The number of carbonyl (C=O) groups is 2. The number of halogens is 1. The quantitative estimate of drug-likeness (QED) is 0.202. The average molecular weight is 686 g/mol. The summed E-state index contributed by atoms with van der Waals surface area (Å²) in [6.45, 7) is 1.97. The van der Waals surface area contributed by atoms with Crippen molar-refractivity contribution in [1.82, 2.24) is 10.2 Å². The van der Waals surface area contributed by atoms with Crippen LogP contribution < -0.4 is 19.1 Å². The van der Waals surface area contributed by atoms with Crippen LogP contribution in [0.4, 0.5) is 10.1 Å². The predicted molar refractivity (Wildman–Crippen MR) is 184 cm³/mol. The van der Waals surface area contributed by atoms with Gasteiger partial charge in [0, 0.05) is 25.1 Å². The van der Waals surface area contributed by atoms with Crippen LogP contribution in [0.2, 0.25) is 0 Å². The number of carbonyl (C=O) groups excluding carboxylic acids is 2. The normalized spacial score (nSPS) is 15.0. The van der Waals surface area contributed by atoms with Crippen LogP contribution in [0.1, 0.15) is 42.4 Å². The molecule has 1 atom stereocenters. The smallest absolute Gasteiger partial charge is 0.264 e. The second-order valence-corrected chi connectivity index (χ2v) is 14.4. The first-order valence-electron chi connectivity index (χ1n) is 16.5. The second-order valence-electron chi connectivity index (χ2n) is 12.5. The molecule has 0 saturated heterocycles. The highest BCUT2D eigenvalue weighted by atomic mass is 32.2. The van der Waals surface area contributed by atoms with Gasteiger partial charge in [0.05, 0.1) is 10.6 Å². The zero-order valence-corrected chi connectivity index (χ0v) is 28.2. The number of hydrogen-bond donors (Lipinski definition) is 1. The van der Waals surface area contributed by atoms with Gasteiger partial charge in [-0.1, -0.05) is 73.0 Å². The van der Waals surface area contributed by atoms with Gasteiger partial charge in [0.25, 0.3) is 10.0 Å². The molecule has 256 valence electrons. The number of rotatable bonds is 12. The summed E-state index contributed by atoms with van der Waals surface area (Å²) in [6, 6.07) is 25.4. The van der Waals surface area contributed by atoms with E-state index in [1.165, 1.54) is 35.2 Å². The third-order valence-corrected chi connectivity index (χ3v) is 10.7. The highest BCUT2D eigenvalue weighted by Crippen LogP contribution is 2.34. The summed E-state index contributed by atoms with van der Waals surface area (Å²) in [4.78, 5) is 30.2. The lowest BCUT2D eigenvalue weighted by Gasteiger charge is -2.34. The van der Waals surface area contributed by atoms with Crippen molar-refractivity contribution in [2.45, 2.75) is 62.6 Å². The molecular weight excluding hydrogens is 645 g/mol. The Morgan fingerprint density at radius 1 is 0.857 bits per heavy atom. The Morgan fingerprint density at radius 2 is 1.55 bits per heavy atom. The van der Waals surface area contributed by atoms with Crippen molar-refractivity contribution in [2.24, 2.45) is 0 Å². The monoisotopic (exact) mass is 685 g/mol. The van der Waals surface area contributed by atoms with Crippen molar-refractivity contribution >= 4 is 27.5 Å². The zero-order valence-electron chi connectivity index (χ0n) is 27.4. The molecule has 2 aliphatic rings. The maximum absolute atomic E-state index is 14.7. The van der Waals surface area contributed by atoms with Gasteiger partial charge in [-0.25, -0.2) is 12.8 Å². The molecule has 4 aromatic carbocycles. The van der Waals surface area contributed by atoms with Crippen molar-refractivity contribution in [2.75, 3.05) is 24.1 Å². The molecule has 49 heavy (non-hydrogen) atoms. The van der Waals surface area contributed by atoms with Crippen LogP contribution in [0.25, 0.3) is 0 Å². The summed E-state index contributed by atoms with van der Waals surface area (Å²) in [7, 11) is -4.40. The molecule has 1 fully saturated rings. The SMILES string of the molecule is Cc1cccc(CN(C(=O)CN(c2ccc(F)cc2)S(=O)(=O)c2ccc3c(c2)OCCO3)[C@H](Cc2ccccc2)C(=O)NC2CCCC2)c1. The lowest BCUT2D eigenvalue weighted by atomic mass is 10.0. The minimum absolute atomic E-state index is 0.00740. The minimum Gasteiger partial charge on any atom is -0.486 e. The number of fused-ring (bicyclic) bond motifs is 1. The Morgan fingerprint density at radius 3 is 2.27 bits per heavy atom. The number of amides is 2. The topological polar surface area (TPSA) is 105 Å². The first-order valence-corrected chi connectivity index (χ1v) is 18.0. The molecule has 6 rings (SSSR count). The maximum Gasteiger partial charge on any atom is 0.264 e. The minimum atomic E-state index is -4.40. The molecule has 1 heterocycles. The van der Waals surface area contributed by atoms with Crippen molar-refractivity contribution in [3.63, 3.8) is 0 Å². The Hall–Kier alpha value is -4.90. The predicted octanol–water partition coefficient (Wildman–Crippen LogP) is 5.80. The van der Waals surface area contributed by atoms with E-state index in [0.29, 0.717) is 12.4 Å². The van der Waals surface area contributed by atoms with Gasteiger partial charge in [-0.3, -0.25) is 13.9 Å². The van der Waals surface area contributed by atoms with E-state index in [-0.39, 0.29) is 47.9 Å². The molecule has 1 saturated carbocycles. The molecule has 1 N–H and O–H groups in total. The Bertz CT molecular complexity index is 1880. The molecule has 0 bridgehead atoms. The highest BCUT2D eigenvalue weighted by Gasteiger charge is 2.36. The van der Waals surface area contributed by atoms with Gasteiger partial charge in [0.1, 0.15) is 31.6 Å². The van der Waals surface area contributed by atoms with E-state index < -0.39 is 34.3 Å². The third-order valence-electron chi connectivity index (χ3n) is 8.90. The first kappa shape index (κ1) is 34.0. The second kappa shape index (κ2) is 15.1. The van der Waals surface area contributed by atoms with Gasteiger partial charge >= 0.3 is 0 Å². The van der Waals surface area contributed by atoms with Crippen LogP contribution in [0, 0.1) is 12.7 Å². The van der Waals surface area contributed by atoms with Crippen LogP contribution in [0.5, 0.6) is 11.5 Å². The van der Waals surface area contributed by atoms with Gasteiger partial charge < -0.3 is 19.7 Å². The van der Waals surface area contributed by atoms with Crippen LogP contribution >= 0.6 is 0 Å². The number of anilines is 1. The number of nitrogens with zero attached hydrogens (tertiary/aromatic N) is 2. The summed E-state index contributed by atoms with van der Waals surface area (Å²) in [5.74, 6) is -0.755. The number of nitrogens with one attached hydrogen (secondary N) is 1.